The second-order valence-electron chi connectivity index (χ2n) is 5.73. The van der Waals surface area contributed by atoms with Crippen LogP contribution in [0.5, 0.6) is 5.75 Å². The lowest BCUT2D eigenvalue weighted by Gasteiger charge is -2.12. The molecule has 0 aliphatic carbocycles. The molecule has 0 spiro atoms. The minimum Gasteiger partial charge on any atom is -0.497 e. The van der Waals surface area contributed by atoms with Crippen LogP contribution >= 0.6 is 11.8 Å². The Morgan fingerprint density at radius 1 is 1.30 bits per heavy atom. The molecule has 1 unspecified atom stereocenters. The van der Waals surface area contributed by atoms with Gasteiger partial charge in [-0.2, -0.15) is 11.8 Å². The van der Waals surface area contributed by atoms with Crippen molar-refractivity contribution in [1.29, 1.82) is 0 Å². The third-order valence-corrected chi connectivity index (χ3v) is 5.30. The summed E-state index contributed by atoms with van der Waals surface area (Å²) in [5.41, 5.74) is 1.34. The van der Waals surface area contributed by atoms with Crippen LogP contribution in [0.2, 0.25) is 0 Å². The van der Waals surface area contributed by atoms with Crippen molar-refractivity contribution in [2.75, 3.05) is 32.5 Å². The standard InChI is InChI=1S/C18H29N3OS/c1-3-19-18(21-14-17-7-5-13-23-17)20-12-4-6-15-8-10-16(22-2)11-9-15/h8-11,17H,3-7,12-14H2,1-2H3,(H2,19,20,21). The molecule has 0 bridgehead atoms. The zero-order valence-electron chi connectivity index (χ0n) is 14.3. The first-order valence-corrected chi connectivity index (χ1v) is 9.63. The normalized spacial score (nSPS) is 18.0. The highest BCUT2D eigenvalue weighted by Crippen LogP contribution is 2.25. The van der Waals surface area contributed by atoms with Gasteiger partial charge in [0, 0.05) is 18.3 Å². The molecular weight excluding hydrogens is 306 g/mol. The smallest absolute Gasteiger partial charge is 0.191 e. The molecule has 2 rings (SSSR count). The van der Waals surface area contributed by atoms with Gasteiger partial charge in [-0.25, -0.2) is 0 Å². The second kappa shape index (κ2) is 10.4. The largest absolute Gasteiger partial charge is 0.497 e. The van der Waals surface area contributed by atoms with Crippen LogP contribution in [-0.4, -0.2) is 43.7 Å². The lowest BCUT2D eigenvalue weighted by atomic mass is 10.1. The van der Waals surface area contributed by atoms with Crippen molar-refractivity contribution in [1.82, 2.24) is 10.6 Å². The average molecular weight is 336 g/mol. The summed E-state index contributed by atoms with van der Waals surface area (Å²) in [5, 5.41) is 7.49. The summed E-state index contributed by atoms with van der Waals surface area (Å²) < 4.78 is 5.18. The fraction of sp³-hybridized carbons (Fsp3) is 0.611. The third-order valence-electron chi connectivity index (χ3n) is 3.91. The number of hydrogen-bond donors (Lipinski definition) is 2. The van der Waals surface area contributed by atoms with E-state index >= 15 is 0 Å². The summed E-state index contributed by atoms with van der Waals surface area (Å²) in [6.07, 6.45) is 4.81. The number of aliphatic imine (C=N–C) groups is 1. The van der Waals surface area contributed by atoms with Crippen LogP contribution in [0.3, 0.4) is 0 Å². The number of rotatable bonds is 8. The van der Waals surface area contributed by atoms with E-state index in [9.17, 15) is 0 Å². The molecule has 0 saturated carbocycles. The number of thioether (sulfide) groups is 1. The van der Waals surface area contributed by atoms with Crippen molar-refractivity contribution in [2.45, 2.75) is 37.9 Å². The molecule has 1 aromatic rings. The molecule has 0 amide bonds. The SMILES string of the molecule is CCNC(=NCC1CCCS1)NCCCc1ccc(OC)cc1. The van der Waals surface area contributed by atoms with Crippen molar-refractivity contribution < 1.29 is 4.74 Å². The van der Waals surface area contributed by atoms with Crippen molar-refractivity contribution in [2.24, 2.45) is 4.99 Å². The van der Waals surface area contributed by atoms with Gasteiger partial charge in [0.25, 0.3) is 0 Å². The van der Waals surface area contributed by atoms with Gasteiger partial charge in [0.15, 0.2) is 5.96 Å². The number of hydrogen-bond acceptors (Lipinski definition) is 3. The quantitative estimate of drug-likeness (QED) is 0.435. The zero-order valence-corrected chi connectivity index (χ0v) is 15.1. The summed E-state index contributed by atoms with van der Waals surface area (Å²) in [6, 6.07) is 8.31. The Bertz CT molecular complexity index is 470. The van der Waals surface area contributed by atoms with Crippen molar-refractivity contribution in [3.63, 3.8) is 0 Å². The van der Waals surface area contributed by atoms with Gasteiger partial charge in [0.1, 0.15) is 5.75 Å². The first kappa shape index (κ1) is 18.0. The molecule has 5 heteroatoms. The van der Waals surface area contributed by atoms with Crippen LogP contribution in [0.15, 0.2) is 29.3 Å². The van der Waals surface area contributed by atoms with Crippen LogP contribution in [0, 0.1) is 0 Å². The molecule has 1 aliphatic heterocycles. The van der Waals surface area contributed by atoms with Crippen molar-refractivity contribution in [3.8, 4) is 5.75 Å². The van der Waals surface area contributed by atoms with Crippen LogP contribution < -0.4 is 15.4 Å². The predicted molar refractivity (Wildman–Crippen MR) is 101 cm³/mol. The van der Waals surface area contributed by atoms with Gasteiger partial charge in [-0.3, -0.25) is 4.99 Å². The Balaban J connectivity index is 1.69. The molecule has 2 N–H and O–H groups in total. The number of ether oxygens (including phenoxy) is 1. The molecule has 23 heavy (non-hydrogen) atoms. The van der Waals surface area contributed by atoms with E-state index in [0.29, 0.717) is 5.25 Å². The highest BCUT2D eigenvalue weighted by molar-refractivity contribution is 8.00. The summed E-state index contributed by atoms with van der Waals surface area (Å²) in [6.45, 7) is 4.88. The number of benzene rings is 1. The molecular formula is C18H29N3OS. The Hall–Kier alpha value is -1.36. The monoisotopic (exact) mass is 335 g/mol. The van der Waals surface area contributed by atoms with Crippen LogP contribution in [-0.2, 0) is 6.42 Å². The second-order valence-corrected chi connectivity index (χ2v) is 7.14. The minimum atomic E-state index is 0.713. The summed E-state index contributed by atoms with van der Waals surface area (Å²) in [4.78, 5) is 4.72. The molecule has 0 radical (unpaired) electrons. The lowest BCUT2D eigenvalue weighted by Crippen LogP contribution is -2.38. The van der Waals surface area contributed by atoms with Gasteiger partial charge in [0.2, 0.25) is 0 Å². The Kier molecular flexibility index (Phi) is 8.15. The fourth-order valence-electron chi connectivity index (χ4n) is 2.61. The predicted octanol–water partition coefficient (Wildman–Crippen LogP) is 3.08. The van der Waals surface area contributed by atoms with Gasteiger partial charge < -0.3 is 15.4 Å². The highest BCUT2D eigenvalue weighted by Gasteiger charge is 2.14. The maximum Gasteiger partial charge on any atom is 0.191 e. The fourth-order valence-corrected chi connectivity index (χ4v) is 3.79. The van der Waals surface area contributed by atoms with E-state index in [1.807, 2.05) is 12.1 Å². The topological polar surface area (TPSA) is 45.7 Å². The average Bonchev–Trinajstić information content (AvgIpc) is 3.10. The van der Waals surface area contributed by atoms with Gasteiger partial charge in [-0.15, -0.1) is 0 Å². The van der Waals surface area contributed by atoms with Gasteiger partial charge in [0.05, 0.1) is 13.7 Å². The van der Waals surface area contributed by atoms with E-state index in [-0.39, 0.29) is 0 Å². The van der Waals surface area contributed by atoms with E-state index in [1.54, 1.807) is 7.11 Å². The number of nitrogens with zero attached hydrogens (tertiary/aromatic N) is 1. The summed E-state index contributed by atoms with van der Waals surface area (Å²) >= 11 is 2.06. The van der Waals surface area contributed by atoms with Crippen LogP contribution in [0.25, 0.3) is 0 Å². The molecule has 1 heterocycles. The van der Waals surface area contributed by atoms with Crippen molar-refractivity contribution >= 4 is 17.7 Å². The Morgan fingerprint density at radius 3 is 2.78 bits per heavy atom. The van der Waals surface area contributed by atoms with Gasteiger partial charge in [-0.1, -0.05) is 12.1 Å². The first-order chi connectivity index (χ1) is 11.3. The van der Waals surface area contributed by atoms with E-state index in [2.05, 4.69) is 41.5 Å². The van der Waals surface area contributed by atoms with Crippen LogP contribution in [0.4, 0.5) is 0 Å². The molecule has 128 valence electrons. The number of methoxy groups -OCH3 is 1. The van der Waals surface area contributed by atoms with E-state index in [1.165, 1.54) is 24.2 Å². The molecule has 1 aliphatic rings. The van der Waals surface area contributed by atoms with E-state index < -0.39 is 0 Å². The summed E-state index contributed by atoms with van der Waals surface area (Å²) in [7, 11) is 1.70. The Labute approximate surface area is 144 Å². The first-order valence-electron chi connectivity index (χ1n) is 8.58. The molecule has 1 atom stereocenters. The highest BCUT2D eigenvalue weighted by atomic mass is 32.2. The zero-order chi connectivity index (χ0) is 16.3. The van der Waals surface area contributed by atoms with Crippen molar-refractivity contribution in [3.05, 3.63) is 29.8 Å². The number of guanidine groups is 1. The molecule has 1 fully saturated rings. The van der Waals surface area contributed by atoms with E-state index in [0.717, 1.165) is 44.2 Å². The summed E-state index contributed by atoms with van der Waals surface area (Å²) in [5.74, 6) is 3.17. The van der Waals surface area contributed by atoms with Gasteiger partial charge in [-0.05, 0) is 56.1 Å². The third kappa shape index (κ3) is 6.73. The Morgan fingerprint density at radius 2 is 2.13 bits per heavy atom. The number of nitrogens with one attached hydrogen (secondary N) is 2. The molecule has 0 aromatic heterocycles. The minimum absolute atomic E-state index is 0.713. The molecule has 1 saturated heterocycles. The van der Waals surface area contributed by atoms with Crippen LogP contribution in [0.1, 0.15) is 31.7 Å². The van der Waals surface area contributed by atoms with Gasteiger partial charge >= 0.3 is 0 Å². The lowest BCUT2D eigenvalue weighted by molar-refractivity contribution is 0.414. The maximum atomic E-state index is 5.18. The van der Waals surface area contributed by atoms with E-state index in [4.69, 9.17) is 9.73 Å². The molecule has 4 nitrogen and oxygen atoms in total. The molecule has 1 aromatic carbocycles. The maximum absolute atomic E-state index is 5.18. The number of aryl methyl sites for hydroxylation is 1.